The maximum atomic E-state index is 12.4. The molecule has 0 spiro atoms. The molecule has 0 radical (unpaired) electrons. The van der Waals surface area contributed by atoms with Gasteiger partial charge in [0.05, 0.1) is 12.7 Å². The third-order valence-corrected chi connectivity index (χ3v) is 5.40. The molecule has 1 fully saturated rings. The number of hydrogen-bond donors (Lipinski definition) is 2. The van der Waals surface area contributed by atoms with Gasteiger partial charge in [0.1, 0.15) is 0 Å². The number of rotatable bonds is 1. The van der Waals surface area contributed by atoms with Gasteiger partial charge in [-0.25, -0.2) is 0 Å². The van der Waals surface area contributed by atoms with Crippen molar-refractivity contribution in [2.45, 2.75) is 46.6 Å². The molecule has 4 atom stereocenters. The van der Waals surface area contributed by atoms with Gasteiger partial charge in [-0.15, -0.1) is 0 Å². The maximum Gasteiger partial charge on any atom is 0.159 e. The molecule has 18 heavy (non-hydrogen) atoms. The highest BCUT2D eigenvalue weighted by molar-refractivity contribution is 5.95. The molecular formula is C15H24O3. The molecule has 2 N–H and O–H groups in total. The minimum absolute atomic E-state index is 0.0342. The number of allylic oxidation sites excluding steroid dienone is 1. The summed E-state index contributed by atoms with van der Waals surface area (Å²) in [5.74, 6) is -0.0509. The van der Waals surface area contributed by atoms with Gasteiger partial charge < -0.3 is 10.2 Å². The second kappa shape index (κ2) is 4.17. The molecule has 0 aromatic rings. The summed E-state index contributed by atoms with van der Waals surface area (Å²) >= 11 is 0. The number of carbonyl (C=O) groups is 1. The molecule has 0 unspecified atom stereocenters. The molecule has 3 heteroatoms. The number of fused-ring (bicyclic) bond motifs is 1. The van der Waals surface area contributed by atoms with Crippen molar-refractivity contribution in [2.75, 3.05) is 6.61 Å². The van der Waals surface area contributed by atoms with Crippen LogP contribution >= 0.6 is 0 Å². The van der Waals surface area contributed by atoms with Crippen LogP contribution in [-0.2, 0) is 4.79 Å². The van der Waals surface area contributed by atoms with Crippen molar-refractivity contribution in [3.8, 4) is 0 Å². The fourth-order valence-corrected chi connectivity index (χ4v) is 4.35. The van der Waals surface area contributed by atoms with E-state index in [1.165, 1.54) is 0 Å². The minimum atomic E-state index is -0.439. The monoisotopic (exact) mass is 252 g/mol. The van der Waals surface area contributed by atoms with E-state index in [2.05, 4.69) is 6.92 Å². The van der Waals surface area contributed by atoms with Crippen molar-refractivity contribution in [1.29, 1.82) is 0 Å². The zero-order valence-electron chi connectivity index (χ0n) is 11.7. The van der Waals surface area contributed by atoms with Crippen LogP contribution < -0.4 is 0 Å². The standard InChI is InChI=1S/C15H24O3/c1-9-7-11(17)13-14(2,3)12(18)5-6-15(13,4)10(9)8-16/h7,10,12-13,16,18H,5-6,8H2,1-4H3/t10-,12-,13+,15-/m1/s1. The predicted molar refractivity (Wildman–Crippen MR) is 70.0 cm³/mol. The van der Waals surface area contributed by atoms with Crippen molar-refractivity contribution in [3.63, 3.8) is 0 Å². The van der Waals surface area contributed by atoms with Crippen LogP contribution in [0.1, 0.15) is 40.5 Å². The average Bonchev–Trinajstić information content (AvgIpc) is 2.23. The van der Waals surface area contributed by atoms with Crippen molar-refractivity contribution < 1.29 is 15.0 Å². The quantitative estimate of drug-likeness (QED) is 0.749. The van der Waals surface area contributed by atoms with E-state index in [0.717, 1.165) is 12.0 Å². The lowest BCUT2D eigenvalue weighted by Gasteiger charge is -2.56. The average molecular weight is 252 g/mol. The fraction of sp³-hybridized carbons (Fsp3) is 0.800. The van der Waals surface area contributed by atoms with Crippen molar-refractivity contribution in [2.24, 2.45) is 22.7 Å². The lowest BCUT2D eigenvalue weighted by atomic mass is 9.47. The lowest BCUT2D eigenvalue weighted by molar-refractivity contribution is -0.153. The molecule has 0 amide bonds. The predicted octanol–water partition coefficient (Wildman–Crippen LogP) is 1.93. The van der Waals surface area contributed by atoms with Crippen LogP contribution in [0.15, 0.2) is 11.6 Å². The van der Waals surface area contributed by atoms with E-state index in [4.69, 9.17) is 0 Å². The third-order valence-electron chi connectivity index (χ3n) is 5.40. The SMILES string of the molecule is CC1=CC(=O)[C@H]2C(C)(C)[C@H](O)CC[C@]2(C)[C@@H]1CO. The Balaban J connectivity index is 2.53. The highest BCUT2D eigenvalue weighted by atomic mass is 16.3. The molecule has 0 saturated heterocycles. The molecule has 0 aromatic heterocycles. The summed E-state index contributed by atoms with van der Waals surface area (Å²) in [7, 11) is 0. The summed E-state index contributed by atoms with van der Waals surface area (Å²) in [6, 6.07) is 0. The highest BCUT2D eigenvalue weighted by Crippen LogP contribution is 2.58. The van der Waals surface area contributed by atoms with Gasteiger partial charge in [-0.2, -0.15) is 0 Å². The zero-order valence-corrected chi connectivity index (χ0v) is 11.7. The Morgan fingerprint density at radius 3 is 2.56 bits per heavy atom. The van der Waals surface area contributed by atoms with Crippen LogP contribution in [0.5, 0.6) is 0 Å². The van der Waals surface area contributed by atoms with Crippen molar-refractivity contribution in [3.05, 3.63) is 11.6 Å². The number of ketones is 1. The van der Waals surface area contributed by atoms with E-state index in [-0.39, 0.29) is 29.6 Å². The number of hydrogen-bond acceptors (Lipinski definition) is 3. The molecule has 0 aliphatic heterocycles. The van der Waals surface area contributed by atoms with E-state index in [0.29, 0.717) is 6.42 Å². The Hall–Kier alpha value is -0.670. The number of aliphatic hydroxyl groups is 2. The van der Waals surface area contributed by atoms with Crippen LogP contribution in [-0.4, -0.2) is 28.7 Å². The first-order chi connectivity index (χ1) is 8.25. The second-order valence-electron chi connectivity index (χ2n) is 6.84. The van der Waals surface area contributed by atoms with Crippen LogP contribution in [0.25, 0.3) is 0 Å². The minimum Gasteiger partial charge on any atom is -0.396 e. The Labute approximate surface area is 109 Å². The van der Waals surface area contributed by atoms with Crippen LogP contribution in [0.4, 0.5) is 0 Å². The summed E-state index contributed by atoms with van der Waals surface area (Å²) < 4.78 is 0. The highest BCUT2D eigenvalue weighted by Gasteiger charge is 2.58. The van der Waals surface area contributed by atoms with E-state index in [9.17, 15) is 15.0 Å². The molecule has 3 nitrogen and oxygen atoms in total. The molecule has 102 valence electrons. The Morgan fingerprint density at radius 2 is 2.00 bits per heavy atom. The summed E-state index contributed by atoms with van der Waals surface area (Å²) in [5.41, 5.74) is 0.329. The van der Waals surface area contributed by atoms with E-state index in [1.54, 1.807) is 6.08 Å². The molecule has 1 saturated carbocycles. The summed E-state index contributed by atoms with van der Waals surface area (Å²) in [6.45, 7) is 8.05. The topological polar surface area (TPSA) is 57.5 Å². The van der Waals surface area contributed by atoms with Gasteiger partial charge in [0, 0.05) is 17.3 Å². The Kier molecular flexibility index (Phi) is 3.19. The summed E-state index contributed by atoms with van der Waals surface area (Å²) in [6.07, 6.45) is 2.74. The van der Waals surface area contributed by atoms with Gasteiger partial charge in [0.15, 0.2) is 5.78 Å². The Morgan fingerprint density at radius 1 is 1.39 bits per heavy atom. The first kappa shape index (κ1) is 13.8. The fourth-order valence-electron chi connectivity index (χ4n) is 4.35. The first-order valence-electron chi connectivity index (χ1n) is 6.76. The Bertz CT molecular complexity index is 397. The molecule has 2 aliphatic carbocycles. The van der Waals surface area contributed by atoms with Crippen molar-refractivity contribution >= 4 is 5.78 Å². The molecule has 2 aliphatic rings. The number of aliphatic hydroxyl groups excluding tert-OH is 2. The molecular weight excluding hydrogens is 228 g/mol. The zero-order chi connectivity index (χ0) is 13.7. The van der Waals surface area contributed by atoms with Crippen LogP contribution in [0, 0.1) is 22.7 Å². The van der Waals surface area contributed by atoms with Crippen LogP contribution in [0.3, 0.4) is 0 Å². The first-order valence-corrected chi connectivity index (χ1v) is 6.76. The smallest absolute Gasteiger partial charge is 0.159 e. The lowest BCUT2D eigenvalue weighted by Crippen LogP contribution is -2.57. The maximum absolute atomic E-state index is 12.4. The number of carbonyl (C=O) groups excluding carboxylic acids is 1. The molecule has 2 rings (SSSR count). The molecule has 0 heterocycles. The largest absolute Gasteiger partial charge is 0.396 e. The van der Waals surface area contributed by atoms with Crippen LogP contribution in [0.2, 0.25) is 0 Å². The summed E-state index contributed by atoms with van der Waals surface area (Å²) in [4.78, 5) is 12.4. The second-order valence-corrected chi connectivity index (χ2v) is 6.84. The van der Waals surface area contributed by atoms with Gasteiger partial charge >= 0.3 is 0 Å². The van der Waals surface area contributed by atoms with Crippen molar-refractivity contribution in [1.82, 2.24) is 0 Å². The van der Waals surface area contributed by atoms with Gasteiger partial charge in [-0.3, -0.25) is 4.79 Å². The molecule has 0 aromatic carbocycles. The molecule has 0 bridgehead atoms. The third kappa shape index (κ3) is 1.68. The van der Waals surface area contributed by atoms with E-state index < -0.39 is 11.5 Å². The van der Waals surface area contributed by atoms with Gasteiger partial charge in [-0.1, -0.05) is 26.3 Å². The van der Waals surface area contributed by atoms with Gasteiger partial charge in [0.25, 0.3) is 0 Å². The van der Waals surface area contributed by atoms with E-state index in [1.807, 2.05) is 20.8 Å². The summed E-state index contributed by atoms with van der Waals surface area (Å²) in [5, 5.41) is 19.9. The van der Waals surface area contributed by atoms with Gasteiger partial charge in [0.2, 0.25) is 0 Å². The van der Waals surface area contributed by atoms with Gasteiger partial charge in [-0.05, 0) is 31.3 Å². The van der Waals surface area contributed by atoms with E-state index >= 15 is 0 Å². The normalized spacial score (nSPS) is 43.3.